The minimum atomic E-state index is -0.424. The first-order valence-electron chi connectivity index (χ1n) is 6.01. The van der Waals surface area contributed by atoms with Crippen molar-refractivity contribution in [2.24, 2.45) is 0 Å². The first kappa shape index (κ1) is 12.1. The standard InChI is InChI=1S/C15H10N2O3/c18-17(19)14-9-5-4-8-12(14)13-10-15(20-16-13)11-6-2-1-3-7-11/h1-10H. The number of hydrogen-bond donors (Lipinski definition) is 0. The van der Waals surface area contributed by atoms with Crippen LogP contribution in [0.25, 0.3) is 22.6 Å². The fourth-order valence-corrected chi connectivity index (χ4v) is 1.99. The summed E-state index contributed by atoms with van der Waals surface area (Å²) in [6.07, 6.45) is 0. The van der Waals surface area contributed by atoms with Crippen LogP contribution in [0.2, 0.25) is 0 Å². The second-order valence-corrected chi connectivity index (χ2v) is 4.22. The normalized spacial score (nSPS) is 10.4. The second-order valence-electron chi connectivity index (χ2n) is 4.22. The van der Waals surface area contributed by atoms with Gasteiger partial charge in [-0.05, 0) is 6.07 Å². The Kier molecular flexibility index (Phi) is 3.01. The Morgan fingerprint density at radius 2 is 1.70 bits per heavy atom. The molecule has 0 aliphatic heterocycles. The molecule has 3 rings (SSSR count). The van der Waals surface area contributed by atoms with Crippen molar-refractivity contribution in [2.75, 3.05) is 0 Å². The van der Waals surface area contributed by atoms with Gasteiger partial charge in [0.05, 0.1) is 10.5 Å². The lowest BCUT2D eigenvalue weighted by Gasteiger charge is -1.97. The fourth-order valence-electron chi connectivity index (χ4n) is 1.99. The molecular weight excluding hydrogens is 256 g/mol. The van der Waals surface area contributed by atoms with E-state index in [1.165, 1.54) is 6.07 Å². The number of aromatic nitrogens is 1. The van der Waals surface area contributed by atoms with Gasteiger partial charge in [0.25, 0.3) is 5.69 Å². The fraction of sp³-hybridized carbons (Fsp3) is 0. The summed E-state index contributed by atoms with van der Waals surface area (Å²) in [7, 11) is 0. The molecule has 0 aliphatic carbocycles. The van der Waals surface area contributed by atoms with Gasteiger partial charge in [-0.15, -0.1) is 0 Å². The highest BCUT2D eigenvalue weighted by molar-refractivity contribution is 5.73. The van der Waals surface area contributed by atoms with Gasteiger partial charge in [0, 0.05) is 17.7 Å². The summed E-state index contributed by atoms with van der Waals surface area (Å²) in [6, 6.07) is 17.6. The molecule has 2 aromatic carbocycles. The SMILES string of the molecule is O=[N+]([O-])c1ccccc1-c1cc(-c2ccccc2)on1. The van der Waals surface area contributed by atoms with E-state index in [1.807, 2.05) is 30.3 Å². The van der Waals surface area contributed by atoms with Crippen molar-refractivity contribution in [3.63, 3.8) is 0 Å². The van der Waals surface area contributed by atoms with Gasteiger partial charge >= 0.3 is 0 Å². The summed E-state index contributed by atoms with van der Waals surface area (Å²) in [5, 5.41) is 14.9. The van der Waals surface area contributed by atoms with Crippen LogP contribution in [0.3, 0.4) is 0 Å². The molecule has 1 aromatic heterocycles. The molecule has 0 spiro atoms. The van der Waals surface area contributed by atoms with E-state index in [4.69, 9.17) is 4.52 Å². The molecule has 0 saturated heterocycles. The lowest BCUT2D eigenvalue weighted by Crippen LogP contribution is -1.91. The third-order valence-electron chi connectivity index (χ3n) is 2.95. The summed E-state index contributed by atoms with van der Waals surface area (Å²) < 4.78 is 5.27. The van der Waals surface area contributed by atoms with Gasteiger partial charge in [0.1, 0.15) is 5.69 Å². The summed E-state index contributed by atoms with van der Waals surface area (Å²) in [4.78, 5) is 10.6. The lowest BCUT2D eigenvalue weighted by atomic mass is 10.1. The van der Waals surface area contributed by atoms with E-state index < -0.39 is 4.92 Å². The smallest absolute Gasteiger partial charge is 0.278 e. The van der Waals surface area contributed by atoms with Gasteiger partial charge in [0.2, 0.25) is 0 Å². The van der Waals surface area contributed by atoms with E-state index in [0.29, 0.717) is 17.0 Å². The van der Waals surface area contributed by atoms with Crippen LogP contribution in [-0.4, -0.2) is 10.1 Å². The average molecular weight is 266 g/mol. The summed E-state index contributed by atoms with van der Waals surface area (Å²) in [6.45, 7) is 0. The number of benzene rings is 2. The molecule has 0 bridgehead atoms. The zero-order chi connectivity index (χ0) is 13.9. The van der Waals surface area contributed by atoms with Crippen LogP contribution in [0.15, 0.2) is 65.2 Å². The van der Waals surface area contributed by atoms with Crippen LogP contribution >= 0.6 is 0 Å². The van der Waals surface area contributed by atoms with E-state index in [9.17, 15) is 10.1 Å². The molecule has 0 amide bonds. The van der Waals surface area contributed by atoms with Crippen molar-refractivity contribution < 1.29 is 9.45 Å². The van der Waals surface area contributed by atoms with Crippen molar-refractivity contribution in [1.82, 2.24) is 5.16 Å². The second kappa shape index (κ2) is 4.97. The molecule has 0 saturated carbocycles. The van der Waals surface area contributed by atoms with Crippen LogP contribution in [0.4, 0.5) is 5.69 Å². The molecule has 0 radical (unpaired) electrons. The molecular formula is C15H10N2O3. The molecule has 5 nitrogen and oxygen atoms in total. The number of nitro groups is 1. The van der Waals surface area contributed by atoms with Crippen LogP contribution in [0.1, 0.15) is 0 Å². The highest BCUT2D eigenvalue weighted by atomic mass is 16.6. The molecule has 0 N–H and O–H groups in total. The zero-order valence-electron chi connectivity index (χ0n) is 10.4. The third kappa shape index (κ3) is 2.16. The number of nitrogens with zero attached hydrogens (tertiary/aromatic N) is 2. The zero-order valence-corrected chi connectivity index (χ0v) is 10.4. The number of nitro benzene ring substituents is 1. The maximum Gasteiger partial charge on any atom is 0.278 e. The third-order valence-corrected chi connectivity index (χ3v) is 2.95. The highest BCUT2D eigenvalue weighted by Gasteiger charge is 2.18. The van der Waals surface area contributed by atoms with Crippen molar-refractivity contribution in [3.8, 4) is 22.6 Å². The van der Waals surface area contributed by atoms with Crippen molar-refractivity contribution >= 4 is 5.69 Å². The molecule has 0 atom stereocenters. The summed E-state index contributed by atoms with van der Waals surface area (Å²) >= 11 is 0. The van der Waals surface area contributed by atoms with Crippen LogP contribution in [-0.2, 0) is 0 Å². The molecule has 0 fully saturated rings. The predicted octanol–water partition coefficient (Wildman–Crippen LogP) is 3.92. The topological polar surface area (TPSA) is 69.2 Å². The maximum absolute atomic E-state index is 11.0. The van der Waals surface area contributed by atoms with E-state index in [1.54, 1.807) is 24.3 Å². The molecule has 98 valence electrons. The molecule has 1 heterocycles. The Morgan fingerprint density at radius 3 is 2.45 bits per heavy atom. The van der Waals surface area contributed by atoms with E-state index in [2.05, 4.69) is 5.16 Å². The summed E-state index contributed by atoms with van der Waals surface area (Å²) in [5.74, 6) is 0.582. The van der Waals surface area contributed by atoms with Gasteiger partial charge in [-0.25, -0.2) is 0 Å². The molecule has 0 unspecified atom stereocenters. The number of para-hydroxylation sites is 1. The van der Waals surface area contributed by atoms with E-state index >= 15 is 0 Å². The Labute approximate surface area is 114 Å². The molecule has 20 heavy (non-hydrogen) atoms. The number of hydrogen-bond acceptors (Lipinski definition) is 4. The predicted molar refractivity (Wildman–Crippen MR) is 74.0 cm³/mol. The van der Waals surface area contributed by atoms with Crippen LogP contribution in [0, 0.1) is 10.1 Å². The molecule has 3 aromatic rings. The quantitative estimate of drug-likeness (QED) is 0.532. The Balaban J connectivity index is 2.05. The maximum atomic E-state index is 11.0. The molecule has 5 heteroatoms. The largest absolute Gasteiger partial charge is 0.356 e. The van der Waals surface area contributed by atoms with E-state index in [-0.39, 0.29) is 5.69 Å². The van der Waals surface area contributed by atoms with Crippen molar-refractivity contribution in [2.45, 2.75) is 0 Å². The molecule has 0 aliphatic rings. The Morgan fingerprint density at radius 1 is 1.00 bits per heavy atom. The Hall–Kier alpha value is -2.95. The van der Waals surface area contributed by atoms with Gasteiger partial charge in [-0.2, -0.15) is 0 Å². The van der Waals surface area contributed by atoms with Gasteiger partial charge in [0.15, 0.2) is 5.76 Å². The van der Waals surface area contributed by atoms with Gasteiger partial charge in [-0.1, -0.05) is 47.6 Å². The first-order valence-corrected chi connectivity index (χ1v) is 6.01. The van der Waals surface area contributed by atoms with Crippen molar-refractivity contribution in [3.05, 3.63) is 70.8 Å². The minimum Gasteiger partial charge on any atom is -0.356 e. The highest BCUT2D eigenvalue weighted by Crippen LogP contribution is 2.31. The first-order chi connectivity index (χ1) is 9.75. The minimum absolute atomic E-state index is 0.0143. The number of rotatable bonds is 3. The van der Waals surface area contributed by atoms with E-state index in [0.717, 1.165) is 5.56 Å². The van der Waals surface area contributed by atoms with Crippen molar-refractivity contribution in [1.29, 1.82) is 0 Å². The monoisotopic (exact) mass is 266 g/mol. The van der Waals surface area contributed by atoms with Gasteiger partial charge in [-0.3, -0.25) is 10.1 Å². The average Bonchev–Trinajstić information content (AvgIpc) is 2.98. The Bertz CT molecular complexity index is 751. The van der Waals surface area contributed by atoms with Crippen LogP contribution in [0.5, 0.6) is 0 Å². The summed E-state index contributed by atoms with van der Waals surface area (Å²) in [5.41, 5.74) is 1.80. The lowest BCUT2D eigenvalue weighted by molar-refractivity contribution is -0.384. The van der Waals surface area contributed by atoms with Crippen LogP contribution < -0.4 is 0 Å². The van der Waals surface area contributed by atoms with Gasteiger partial charge < -0.3 is 4.52 Å².